The van der Waals surface area contributed by atoms with E-state index in [9.17, 15) is 8.42 Å². The van der Waals surface area contributed by atoms with Crippen LogP contribution in [0.2, 0.25) is 0 Å². The van der Waals surface area contributed by atoms with Crippen molar-refractivity contribution in [3.05, 3.63) is 0 Å². The predicted molar refractivity (Wildman–Crippen MR) is 46.3 cm³/mol. The zero-order valence-corrected chi connectivity index (χ0v) is 8.14. The molecule has 0 amide bonds. The Labute approximate surface area is 73.7 Å². The molecule has 0 bridgehead atoms. The van der Waals surface area contributed by atoms with E-state index in [2.05, 4.69) is 4.18 Å². The van der Waals surface area contributed by atoms with Gasteiger partial charge in [0.05, 0.1) is 12.4 Å². The van der Waals surface area contributed by atoms with Crippen LogP contribution in [-0.2, 0) is 14.3 Å². The SMILES string of the molecule is CCCOS(=O)(=O)CCCCO. The molecule has 0 atom stereocenters. The van der Waals surface area contributed by atoms with Gasteiger partial charge >= 0.3 is 0 Å². The normalized spacial score (nSPS) is 11.8. The third kappa shape index (κ3) is 6.57. The molecule has 0 rings (SSSR count). The van der Waals surface area contributed by atoms with Crippen LogP contribution in [0.5, 0.6) is 0 Å². The summed E-state index contributed by atoms with van der Waals surface area (Å²) in [6.45, 7) is 2.13. The molecule has 0 spiro atoms. The molecule has 0 saturated carbocycles. The van der Waals surface area contributed by atoms with E-state index in [0.29, 0.717) is 19.3 Å². The lowest BCUT2D eigenvalue weighted by molar-refractivity contribution is 0.284. The second-order valence-corrected chi connectivity index (χ2v) is 4.27. The first-order valence-electron chi connectivity index (χ1n) is 4.10. The number of aliphatic hydroxyl groups excluding tert-OH is 1. The highest BCUT2D eigenvalue weighted by molar-refractivity contribution is 7.86. The minimum Gasteiger partial charge on any atom is -0.396 e. The number of rotatable bonds is 7. The number of aliphatic hydroxyl groups is 1. The first kappa shape index (κ1) is 11.9. The Hall–Kier alpha value is -0.130. The lowest BCUT2D eigenvalue weighted by atomic mass is 10.4. The van der Waals surface area contributed by atoms with Crippen LogP contribution in [-0.4, -0.2) is 32.5 Å². The standard InChI is InChI=1S/C7H16O4S/c1-2-6-11-12(9,10)7-4-3-5-8/h8H,2-7H2,1H3. The summed E-state index contributed by atoms with van der Waals surface area (Å²) in [6.07, 6.45) is 1.66. The maximum absolute atomic E-state index is 11.0. The Morgan fingerprint density at radius 3 is 2.50 bits per heavy atom. The fourth-order valence-corrected chi connectivity index (χ4v) is 1.76. The first-order chi connectivity index (χ1) is 5.62. The smallest absolute Gasteiger partial charge is 0.267 e. The van der Waals surface area contributed by atoms with Crippen molar-refractivity contribution in [3.8, 4) is 0 Å². The molecule has 0 aromatic rings. The van der Waals surface area contributed by atoms with Crippen LogP contribution in [0.3, 0.4) is 0 Å². The molecule has 0 aromatic carbocycles. The van der Waals surface area contributed by atoms with Crippen LogP contribution in [0, 0.1) is 0 Å². The van der Waals surface area contributed by atoms with Crippen LogP contribution in [0.25, 0.3) is 0 Å². The van der Waals surface area contributed by atoms with Crippen molar-refractivity contribution in [2.75, 3.05) is 19.0 Å². The van der Waals surface area contributed by atoms with Gasteiger partial charge in [0.25, 0.3) is 10.1 Å². The van der Waals surface area contributed by atoms with Crippen molar-refractivity contribution < 1.29 is 17.7 Å². The molecular weight excluding hydrogens is 180 g/mol. The molecule has 0 unspecified atom stereocenters. The molecule has 0 heterocycles. The maximum atomic E-state index is 11.0. The fraction of sp³-hybridized carbons (Fsp3) is 1.00. The molecule has 0 aromatic heterocycles. The van der Waals surface area contributed by atoms with E-state index in [1.807, 2.05) is 6.92 Å². The first-order valence-corrected chi connectivity index (χ1v) is 5.68. The van der Waals surface area contributed by atoms with Gasteiger partial charge in [-0.25, -0.2) is 0 Å². The average molecular weight is 196 g/mol. The van der Waals surface area contributed by atoms with E-state index in [1.54, 1.807) is 0 Å². The molecule has 0 aliphatic carbocycles. The molecule has 5 heteroatoms. The van der Waals surface area contributed by atoms with Gasteiger partial charge in [-0.15, -0.1) is 0 Å². The van der Waals surface area contributed by atoms with Gasteiger partial charge in [-0.05, 0) is 19.3 Å². The molecule has 0 radical (unpaired) electrons. The Balaban J connectivity index is 3.58. The van der Waals surface area contributed by atoms with Crippen LogP contribution >= 0.6 is 0 Å². The number of hydrogen-bond acceptors (Lipinski definition) is 4. The van der Waals surface area contributed by atoms with Crippen molar-refractivity contribution in [2.45, 2.75) is 26.2 Å². The molecule has 0 aliphatic heterocycles. The fourth-order valence-electron chi connectivity index (χ4n) is 0.660. The summed E-state index contributed by atoms with van der Waals surface area (Å²) in [4.78, 5) is 0. The summed E-state index contributed by atoms with van der Waals surface area (Å²) in [7, 11) is -3.33. The Kier molecular flexibility index (Phi) is 6.32. The van der Waals surface area contributed by atoms with Crippen molar-refractivity contribution >= 4 is 10.1 Å². The van der Waals surface area contributed by atoms with Crippen molar-refractivity contribution in [3.63, 3.8) is 0 Å². The zero-order valence-electron chi connectivity index (χ0n) is 7.32. The van der Waals surface area contributed by atoms with E-state index in [1.165, 1.54) is 0 Å². The van der Waals surface area contributed by atoms with E-state index in [-0.39, 0.29) is 19.0 Å². The molecule has 0 saturated heterocycles. The summed E-state index contributed by atoms with van der Waals surface area (Å²) >= 11 is 0. The van der Waals surface area contributed by atoms with Crippen LogP contribution in [0.4, 0.5) is 0 Å². The monoisotopic (exact) mass is 196 g/mol. The van der Waals surface area contributed by atoms with E-state index >= 15 is 0 Å². The van der Waals surface area contributed by atoms with Crippen molar-refractivity contribution in [2.24, 2.45) is 0 Å². The third-order valence-corrected chi connectivity index (χ3v) is 2.58. The van der Waals surface area contributed by atoms with Gasteiger partial charge in [-0.1, -0.05) is 6.92 Å². The molecule has 0 aliphatic rings. The van der Waals surface area contributed by atoms with Crippen molar-refractivity contribution in [1.29, 1.82) is 0 Å². The second kappa shape index (κ2) is 6.39. The lowest BCUT2D eigenvalue weighted by Crippen LogP contribution is -2.11. The summed E-state index contributed by atoms with van der Waals surface area (Å²) in [5.74, 6) is 0.00750. The van der Waals surface area contributed by atoms with E-state index < -0.39 is 10.1 Å². The van der Waals surface area contributed by atoms with Gasteiger partial charge < -0.3 is 5.11 Å². The minimum atomic E-state index is -3.33. The van der Waals surface area contributed by atoms with Gasteiger partial charge in [-0.2, -0.15) is 8.42 Å². The largest absolute Gasteiger partial charge is 0.396 e. The molecule has 4 nitrogen and oxygen atoms in total. The Morgan fingerprint density at radius 1 is 1.33 bits per heavy atom. The lowest BCUT2D eigenvalue weighted by Gasteiger charge is -2.02. The second-order valence-electron chi connectivity index (χ2n) is 2.51. The third-order valence-electron chi connectivity index (χ3n) is 1.27. The van der Waals surface area contributed by atoms with E-state index in [4.69, 9.17) is 5.11 Å². The van der Waals surface area contributed by atoms with Crippen LogP contribution in [0.1, 0.15) is 26.2 Å². The van der Waals surface area contributed by atoms with Crippen molar-refractivity contribution in [1.82, 2.24) is 0 Å². The average Bonchev–Trinajstić information content (AvgIpc) is 2.01. The molecule has 12 heavy (non-hydrogen) atoms. The Bertz CT molecular complexity index is 186. The maximum Gasteiger partial charge on any atom is 0.267 e. The predicted octanol–water partition coefficient (Wildman–Crippen LogP) is 0.515. The highest BCUT2D eigenvalue weighted by Crippen LogP contribution is 1.99. The zero-order chi connectivity index (χ0) is 9.45. The number of unbranched alkanes of at least 4 members (excludes halogenated alkanes) is 1. The Morgan fingerprint density at radius 2 is 2.00 bits per heavy atom. The van der Waals surface area contributed by atoms with Gasteiger partial charge in [0, 0.05) is 6.61 Å². The highest BCUT2D eigenvalue weighted by atomic mass is 32.2. The summed E-state index contributed by atoms with van der Waals surface area (Å²) in [5.41, 5.74) is 0. The molecule has 0 fully saturated rings. The topological polar surface area (TPSA) is 63.6 Å². The van der Waals surface area contributed by atoms with Gasteiger partial charge in [0.15, 0.2) is 0 Å². The summed E-state index contributed by atoms with van der Waals surface area (Å²) in [5, 5.41) is 8.40. The van der Waals surface area contributed by atoms with Gasteiger partial charge in [0.1, 0.15) is 0 Å². The number of hydrogen-bond donors (Lipinski definition) is 1. The van der Waals surface area contributed by atoms with Crippen LogP contribution < -0.4 is 0 Å². The van der Waals surface area contributed by atoms with E-state index in [0.717, 1.165) is 0 Å². The molecular formula is C7H16O4S. The highest BCUT2D eigenvalue weighted by Gasteiger charge is 2.08. The summed E-state index contributed by atoms with van der Waals surface area (Å²) in [6, 6.07) is 0. The summed E-state index contributed by atoms with van der Waals surface area (Å²) < 4.78 is 26.5. The van der Waals surface area contributed by atoms with Crippen LogP contribution in [0.15, 0.2) is 0 Å². The van der Waals surface area contributed by atoms with Gasteiger partial charge in [0.2, 0.25) is 0 Å². The molecule has 74 valence electrons. The quantitative estimate of drug-likeness (QED) is 0.476. The van der Waals surface area contributed by atoms with Gasteiger partial charge in [-0.3, -0.25) is 4.18 Å². The minimum absolute atomic E-state index is 0.00750. The molecule has 1 N–H and O–H groups in total.